The minimum atomic E-state index is 0.356. The molecule has 1 heterocycles. The number of nitrogens with zero attached hydrogens (tertiary/aromatic N) is 3. The van der Waals surface area contributed by atoms with Crippen LogP contribution < -0.4 is 10.6 Å². The van der Waals surface area contributed by atoms with Gasteiger partial charge in [-0.15, -0.1) is 0 Å². The molecule has 0 radical (unpaired) electrons. The SMILES string of the molecule is Cc1ccc(N(C)c2ccnc(CN)n2)cc1C. The molecule has 4 nitrogen and oxygen atoms in total. The molecule has 0 saturated carbocycles. The minimum Gasteiger partial charge on any atom is -0.329 e. The largest absolute Gasteiger partial charge is 0.329 e. The lowest BCUT2D eigenvalue weighted by atomic mass is 10.1. The summed E-state index contributed by atoms with van der Waals surface area (Å²) in [7, 11) is 1.99. The summed E-state index contributed by atoms with van der Waals surface area (Å²) in [6.07, 6.45) is 1.74. The first-order valence-corrected chi connectivity index (χ1v) is 5.95. The van der Waals surface area contributed by atoms with Crippen LogP contribution >= 0.6 is 0 Å². The van der Waals surface area contributed by atoms with Crippen molar-refractivity contribution in [2.75, 3.05) is 11.9 Å². The summed E-state index contributed by atoms with van der Waals surface area (Å²) < 4.78 is 0. The number of aryl methyl sites for hydroxylation is 2. The summed E-state index contributed by atoms with van der Waals surface area (Å²) in [5.41, 5.74) is 9.23. The van der Waals surface area contributed by atoms with E-state index in [4.69, 9.17) is 5.73 Å². The number of rotatable bonds is 3. The lowest BCUT2D eigenvalue weighted by Crippen LogP contribution is -2.14. The highest BCUT2D eigenvalue weighted by Gasteiger charge is 2.07. The van der Waals surface area contributed by atoms with E-state index in [-0.39, 0.29) is 0 Å². The van der Waals surface area contributed by atoms with Crippen LogP contribution in [0.25, 0.3) is 0 Å². The number of aromatic nitrogens is 2. The van der Waals surface area contributed by atoms with E-state index in [1.807, 2.05) is 18.0 Å². The molecule has 0 aliphatic rings. The van der Waals surface area contributed by atoms with E-state index in [0.29, 0.717) is 12.4 Å². The van der Waals surface area contributed by atoms with E-state index in [9.17, 15) is 0 Å². The van der Waals surface area contributed by atoms with Crippen LogP contribution in [-0.4, -0.2) is 17.0 Å². The summed E-state index contributed by atoms with van der Waals surface area (Å²) in [4.78, 5) is 10.5. The summed E-state index contributed by atoms with van der Waals surface area (Å²) in [5.74, 6) is 1.51. The smallest absolute Gasteiger partial charge is 0.144 e. The summed E-state index contributed by atoms with van der Waals surface area (Å²) in [6.45, 7) is 4.57. The number of anilines is 2. The standard InChI is InChI=1S/C14H18N4/c1-10-4-5-12(8-11(10)2)18(3)14-6-7-16-13(9-15)17-14/h4-8H,9,15H2,1-3H3. The van der Waals surface area contributed by atoms with Gasteiger partial charge < -0.3 is 10.6 Å². The average molecular weight is 242 g/mol. The second-order valence-electron chi connectivity index (χ2n) is 4.36. The fourth-order valence-electron chi connectivity index (χ4n) is 1.74. The van der Waals surface area contributed by atoms with E-state index in [2.05, 4.69) is 42.0 Å². The highest BCUT2D eigenvalue weighted by Crippen LogP contribution is 2.23. The van der Waals surface area contributed by atoms with Gasteiger partial charge in [-0.25, -0.2) is 9.97 Å². The van der Waals surface area contributed by atoms with Crippen molar-refractivity contribution in [3.63, 3.8) is 0 Å². The Morgan fingerprint density at radius 3 is 2.61 bits per heavy atom. The van der Waals surface area contributed by atoms with E-state index in [0.717, 1.165) is 11.5 Å². The first-order valence-electron chi connectivity index (χ1n) is 5.95. The summed E-state index contributed by atoms with van der Waals surface area (Å²) in [5, 5.41) is 0. The Morgan fingerprint density at radius 1 is 1.17 bits per heavy atom. The number of hydrogen-bond donors (Lipinski definition) is 1. The van der Waals surface area contributed by atoms with E-state index in [1.54, 1.807) is 6.20 Å². The van der Waals surface area contributed by atoms with Crippen molar-refractivity contribution in [1.82, 2.24) is 9.97 Å². The van der Waals surface area contributed by atoms with Crippen LogP contribution in [0, 0.1) is 13.8 Å². The molecule has 0 amide bonds. The zero-order valence-electron chi connectivity index (χ0n) is 11.0. The normalized spacial score (nSPS) is 10.4. The number of benzene rings is 1. The fourth-order valence-corrected chi connectivity index (χ4v) is 1.74. The Kier molecular flexibility index (Phi) is 3.58. The van der Waals surface area contributed by atoms with Crippen molar-refractivity contribution in [2.24, 2.45) is 5.73 Å². The zero-order chi connectivity index (χ0) is 13.1. The Hall–Kier alpha value is -1.94. The lowest BCUT2D eigenvalue weighted by molar-refractivity contribution is 0.899. The Labute approximate surface area is 107 Å². The highest BCUT2D eigenvalue weighted by atomic mass is 15.2. The van der Waals surface area contributed by atoms with Crippen LogP contribution in [0.1, 0.15) is 17.0 Å². The van der Waals surface area contributed by atoms with Gasteiger partial charge in [-0.3, -0.25) is 0 Å². The topological polar surface area (TPSA) is 55.0 Å². The molecule has 0 spiro atoms. The van der Waals surface area contributed by atoms with Gasteiger partial charge in [0.25, 0.3) is 0 Å². The molecule has 0 bridgehead atoms. The van der Waals surface area contributed by atoms with Gasteiger partial charge in [-0.2, -0.15) is 0 Å². The van der Waals surface area contributed by atoms with Crippen molar-refractivity contribution in [2.45, 2.75) is 20.4 Å². The summed E-state index contributed by atoms with van der Waals surface area (Å²) in [6, 6.07) is 8.24. The molecular formula is C14H18N4. The maximum absolute atomic E-state index is 5.56. The van der Waals surface area contributed by atoms with Gasteiger partial charge in [0.15, 0.2) is 0 Å². The third-order valence-electron chi connectivity index (χ3n) is 3.09. The van der Waals surface area contributed by atoms with Gasteiger partial charge in [0.05, 0.1) is 6.54 Å². The van der Waals surface area contributed by atoms with Gasteiger partial charge in [-0.05, 0) is 43.2 Å². The second kappa shape index (κ2) is 5.14. The molecule has 4 heteroatoms. The van der Waals surface area contributed by atoms with E-state index >= 15 is 0 Å². The molecule has 0 saturated heterocycles. The Bertz CT molecular complexity index is 551. The van der Waals surface area contributed by atoms with Crippen LogP contribution in [0.4, 0.5) is 11.5 Å². The van der Waals surface area contributed by atoms with Crippen molar-refractivity contribution >= 4 is 11.5 Å². The quantitative estimate of drug-likeness (QED) is 0.897. The van der Waals surface area contributed by atoms with Gasteiger partial charge in [0.2, 0.25) is 0 Å². The first-order chi connectivity index (χ1) is 8.61. The molecule has 94 valence electrons. The van der Waals surface area contributed by atoms with Gasteiger partial charge in [0, 0.05) is 18.9 Å². The Morgan fingerprint density at radius 2 is 1.94 bits per heavy atom. The van der Waals surface area contributed by atoms with Crippen molar-refractivity contribution in [3.8, 4) is 0 Å². The monoisotopic (exact) mass is 242 g/mol. The van der Waals surface area contributed by atoms with Crippen LogP contribution in [0.15, 0.2) is 30.5 Å². The molecule has 2 rings (SSSR count). The number of nitrogens with two attached hydrogens (primary N) is 1. The Balaban J connectivity index is 2.34. The van der Waals surface area contributed by atoms with Gasteiger partial charge in [0.1, 0.15) is 11.6 Å². The fraction of sp³-hybridized carbons (Fsp3) is 0.286. The molecule has 2 N–H and O–H groups in total. The zero-order valence-corrected chi connectivity index (χ0v) is 11.0. The lowest BCUT2D eigenvalue weighted by Gasteiger charge is -2.19. The molecular weight excluding hydrogens is 224 g/mol. The average Bonchev–Trinajstić information content (AvgIpc) is 2.41. The molecule has 0 unspecified atom stereocenters. The molecule has 2 aromatic rings. The predicted octanol–water partition coefficient (Wildman–Crippen LogP) is 2.32. The molecule has 0 aliphatic carbocycles. The molecule has 18 heavy (non-hydrogen) atoms. The molecule has 0 fully saturated rings. The van der Waals surface area contributed by atoms with Crippen LogP contribution in [0.3, 0.4) is 0 Å². The van der Waals surface area contributed by atoms with Crippen molar-refractivity contribution in [1.29, 1.82) is 0 Å². The second-order valence-corrected chi connectivity index (χ2v) is 4.36. The number of hydrogen-bond acceptors (Lipinski definition) is 4. The molecule has 1 aromatic heterocycles. The predicted molar refractivity (Wildman–Crippen MR) is 73.9 cm³/mol. The van der Waals surface area contributed by atoms with Gasteiger partial charge >= 0.3 is 0 Å². The minimum absolute atomic E-state index is 0.356. The first kappa shape index (κ1) is 12.5. The maximum Gasteiger partial charge on any atom is 0.144 e. The van der Waals surface area contributed by atoms with Crippen molar-refractivity contribution < 1.29 is 0 Å². The van der Waals surface area contributed by atoms with Crippen LogP contribution in [-0.2, 0) is 6.54 Å². The third-order valence-corrected chi connectivity index (χ3v) is 3.09. The molecule has 0 atom stereocenters. The molecule has 0 aliphatic heterocycles. The van der Waals surface area contributed by atoms with Crippen molar-refractivity contribution in [3.05, 3.63) is 47.4 Å². The van der Waals surface area contributed by atoms with Gasteiger partial charge in [-0.1, -0.05) is 6.07 Å². The molecule has 1 aromatic carbocycles. The van der Waals surface area contributed by atoms with E-state index < -0.39 is 0 Å². The van der Waals surface area contributed by atoms with Crippen LogP contribution in [0.2, 0.25) is 0 Å². The van der Waals surface area contributed by atoms with E-state index in [1.165, 1.54) is 11.1 Å². The summed E-state index contributed by atoms with van der Waals surface area (Å²) >= 11 is 0. The van der Waals surface area contributed by atoms with Crippen LogP contribution in [0.5, 0.6) is 0 Å². The third kappa shape index (κ3) is 2.49. The highest BCUT2D eigenvalue weighted by molar-refractivity contribution is 5.60. The maximum atomic E-state index is 5.56.